The molecule has 0 radical (unpaired) electrons. The van der Waals surface area contributed by atoms with E-state index in [9.17, 15) is 4.79 Å². The van der Waals surface area contributed by atoms with Crippen LogP contribution in [-0.4, -0.2) is 30.1 Å². The second-order valence-electron chi connectivity index (χ2n) is 5.50. The number of carbonyl (C=O) groups excluding carboxylic acids is 1. The Morgan fingerprint density at radius 2 is 2.10 bits per heavy atom. The van der Waals surface area contributed by atoms with E-state index in [0.29, 0.717) is 12.3 Å². The molecule has 5 heteroatoms. The first-order chi connectivity index (χ1) is 9.38. The number of hydrogen-bond donors (Lipinski definition) is 2. The lowest BCUT2D eigenvalue weighted by Crippen LogP contribution is -2.45. The summed E-state index contributed by atoms with van der Waals surface area (Å²) in [7, 11) is 1.85. The van der Waals surface area contributed by atoms with Gasteiger partial charge in [-0.15, -0.1) is 0 Å². The zero-order valence-electron chi connectivity index (χ0n) is 13.0. The van der Waals surface area contributed by atoms with E-state index < -0.39 is 0 Å². The van der Waals surface area contributed by atoms with Crippen LogP contribution in [-0.2, 0) is 11.3 Å². The number of carbonyl (C=O) groups is 1. The van der Waals surface area contributed by atoms with Crippen molar-refractivity contribution in [3.05, 3.63) is 23.5 Å². The van der Waals surface area contributed by atoms with Crippen molar-refractivity contribution in [2.24, 2.45) is 0 Å². The topological polar surface area (TPSA) is 63.2 Å². The van der Waals surface area contributed by atoms with Crippen molar-refractivity contribution in [1.29, 1.82) is 0 Å². The van der Waals surface area contributed by atoms with Gasteiger partial charge < -0.3 is 15.4 Å². The number of nitrogens with zero attached hydrogens (tertiary/aromatic N) is 1. The summed E-state index contributed by atoms with van der Waals surface area (Å²) in [5, 5.41) is 5.98. The molecule has 0 fully saturated rings. The summed E-state index contributed by atoms with van der Waals surface area (Å²) < 4.78 is 5.58. The average molecular weight is 279 g/mol. The number of aromatic nitrogens is 1. The van der Waals surface area contributed by atoms with Crippen LogP contribution in [0.2, 0.25) is 0 Å². The number of nitrogens with one attached hydrogen (secondary N) is 2. The molecule has 0 saturated heterocycles. The fourth-order valence-electron chi connectivity index (χ4n) is 1.67. The highest BCUT2D eigenvalue weighted by Gasteiger charge is 2.18. The van der Waals surface area contributed by atoms with Crippen LogP contribution >= 0.6 is 0 Å². The van der Waals surface area contributed by atoms with Crippen LogP contribution in [0.25, 0.3) is 0 Å². The summed E-state index contributed by atoms with van der Waals surface area (Å²) >= 11 is 0. The van der Waals surface area contributed by atoms with Crippen molar-refractivity contribution >= 4 is 5.91 Å². The summed E-state index contributed by atoms with van der Waals surface area (Å²) in [4.78, 5) is 16.3. The lowest BCUT2D eigenvalue weighted by molar-refractivity contribution is -0.124. The van der Waals surface area contributed by atoms with Gasteiger partial charge in [0.15, 0.2) is 6.61 Å². The predicted molar refractivity (Wildman–Crippen MR) is 79.7 cm³/mol. The smallest absolute Gasteiger partial charge is 0.258 e. The molecule has 1 aromatic rings. The summed E-state index contributed by atoms with van der Waals surface area (Å²) in [6.07, 6.45) is 0.871. The first-order valence-electron chi connectivity index (χ1n) is 6.93. The first kappa shape index (κ1) is 16.4. The van der Waals surface area contributed by atoms with Crippen molar-refractivity contribution in [3.63, 3.8) is 0 Å². The van der Waals surface area contributed by atoms with E-state index in [2.05, 4.69) is 15.6 Å². The van der Waals surface area contributed by atoms with Crippen LogP contribution in [0.5, 0.6) is 5.75 Å². The fourth-order valence-corrected chi connectivity index (χ4v) is 1.67. The largest absolute Gasteiger partial charge is 0.482 e. The quantitative estimate of drug-likeness (QED) is 0.799. The molecule has 0 aliphatic heterocycles. The molecule has 0 unspecified atom stereocenters. The number of hydrogen-bond acceptors (Lipinski definition) is 4. The van der Waals surface area contributed by atoms with Crippen LogP contribution in [0.15, 0.2) is 12.1 Å². The van der Waals surface area contributed by atoms with Crippen molar-refractivity contribution in [3.8, 4) is 5.75 Å². The Labute approximate surface area is 121 Å². The molecule has 1 rings (SSSR count). The molecule has 112 valence electrons. The highest BCUT2D eigenvalue weighted by molar-refractivity contribution is 5.78. The van der Waals surface area contributed by atoms with Crippen molar-refractivity contribution in [2.45, 2.75) is 46.2 Å². The van der Waals surface area contributed by atoms with Gasteiger partial charge in [-0.05, 0) is 46.4 Å². The molecule has 5 nitrogen and oxygen atoms in total. The van der Waals surface area contributed by atoms with Crippen LogP contribution in [0.1, 0.15) is 38.6 Å². The van der Waals surface area contributed by atoms with E-state index in [1.54, 1.807) is 0 Å². The Bertz CT molecular complexity index is 458. The fraction of sp³-hybridized carbons (Fsp3) is 0.600. The van der Waals surface area contributed by atoms with Gasteiger partial charge in [-0.1, -0.05) is 6.92 Å². The van der Waals surface area contributed by atoms with Gasteiger partial charge in [0.1, 0.15) is 5.75 Å². The summed E-state index contributed by atoms with van der Waals surface area (Å²) in [6.45, 7) is 8.56. The van der Waals surface area contributed by atoms with Gasteiger partial charge in [0.2, 0.25) is 0 Å². The average Bonchev–Trinajstić information content (AvgIpc) is 2.38. The Balaban J connectivity index is 2.63. The normalized spacial score (nSPS) is 11.2. The third-order valence-corrected chi connectivity index (χ3v) is 3.14. The van der Waals surface area contributed by atoms with Gasteiger partial charge in [0, 0.05) is 17.8 Å². The Hall–Kier alpha value is -1.62. The van der Waals surface area contributed by atoms with Gasteiger partial charge in [0.25, 0.3) is 5.91 Å². The summed E-state index contributed by atoms with van der Waals surface area (Å²) in [5.41, 5.74) is 1.54. The molecule has 20 heavy (non-hydrogen) atoms. The van der Waals surface area contributed by atoms with Gasteiger partial charge in [-0.2, -0.15) is 0 Å². The van der Waals surface area contributed by atoms with Crippen molar-refractivity contribution in [2.75, 3.05) is 13.7 Å². The molecule has 1 heterocycles. The van der Waals surface area contributed by atoms with E-state index in [-0.39, 0.29) is 18.1 Å². The molecule has 0 aromatic carbocycles. The monoisotopic (exact) mass is 279 g/mol. The highest BCUT2D eigenvalue weighted by atomic mass is 16.5. The van der Waals surface area contributed by atoms with E-state index in [4.69, 9.17) is 4.74 Å². The van der Waals surface area contributed by atoms with Crippen molar-refractivity contribution in [1.82, 2.24) is 15.6 Å². The predicted octanol–water partition coefficient (Wildman–Crippen LogP) is 1.79. The maximum Gasteiger partial charge on any atom is 0.258 e. The molecule has 0 aliphatic carbocycles. The maximum atomic E-state index is 11.9. The van der Waals surface area contributed by atoms with Crippen LogP contribution in [0, 0.1) is 6.92 Å². The number of pyridine rings is 1. The molecule has 0 atom stereocenters. The Morgan fingerprint density at radius 3 is 2.70 bits per heavy atom. The van der Waals surface area contributed by atoms with E-state index in [1.807, 2.05) is 46.9 Å². The minimum Gasteiger partial charge on any atom is -0.482 e. The van der Waals surface area contributed by atoms with Gasteiger partial charge in [-0.25, -0.2) is 0 Å². The minimum atomic E-state index is -0.209. The molecule has 0 aliphatic rings. The third kappa shape index (κ3) is 5.17. The van der Waals surface area contributed by atoms with Crippen LogP contribution in [0.3, 0.4) is 0 Å². The second kappa shape index (κ2) is 7.24. The lowest BCUT2D eigenvalue weighted by atomic mass is 10.0. The van der Waals surface area contributed by atoms with E-state index in [1.165, 1.54) is 0 Å². The summed E-state index contributed by atoms with van der Waals surface area (Å²) in [6, 6.07) is 3.73. The molecule has 2 N–H and O–H groups in total. The maximum absolute atomic E-state index is 11.9. The van der Waals surface area contributed by atoms with E-state index >= 15 is 0 Å². The zero-order chi connectivity index (χ0) is 15.2. The highest BCUT2D eigenvalue weighted by Crippen LogP contribution is 2.16. The van der Waals surface area contributed by atoms with E-state index in [0.717, 1.165) is 17.8 Å². The molecular formula is C15H25N3O2. The van der Waals surface area contributed by atoms with Crippen LogP contribution < -0.4 is 15.4 Å². The number of aryl methyl sites for hydroxylation is 1. The number of amides is 1. The minimum absolute atomic E-state index is 0.00485. The van der Waals surface area contributed by atoms with Gasteiger partial charge >= 0.3 is 0 Å². The van der Waals surface area contributed by atoms with Gasteiger partial charge in [0.05, 0.1) is 5.69 Å². The second-order valence-corrected chi connectivity index (χ2v) is 5.50. The first-order valence-corrected chi connectivity index (χ1v) is 6.93. The Morgan fingerprint density at radius 1 is 1.40 bits per heavy atom. The Kier molecular flexibility index (Phi) is 5.95. The molecular weight excluding hydrogens is 254 g/mol. The van der Waals surface area contributed by atoms with Crippen molar-refractivity contribution < 1.29 is 9.53 Å². The summed E-state index contributed by atoms with van der Waals surface area (Å²) in [5.74, 6) is 0.530. The third-order valence-electron chi connectivity index (χ3n) is 3.14. The molecule has 0 saturated carbocycles. The molecule has 1 aromatic heterocycles. The van der Waals surface area contributed by atoms with Crippen LogP contribution in [0.4, 0.5) is 0 Å². The number of rotatable bonds is 7. The molecule has 0 bridgehead atoms. The lowest BCUT2D eigenvalue weighted by Gasteiger charge is -2.24. The zero-order valence-corrected chi connectivity index (χ0v) is 13.0. The molecule has 1 amide bonds. The number of ether oxygens (including phenoxy) is 1. The molecule has 0 spiro atoms. The standard InChI is InChI=1S/C15H25N3O2/c1-6-15(3,4)18-14(19)10-20-13-8-7-11(2)17-12(13)9-16-5/h7-8,16H,6,9-10H2,1-5H3,(H,18,19). The van der Waals surface area contributed by atoms with Gasteiger partial charge in [-0.3, -0.25) is 9.78 Å². The SMILES string of the molecule is CCC(C)(C)NC(=O)COc1ccc(C)nc1CNC.